The fourth-order valence-electron chi connectivity index (χ4n) is 6.27. The topological polar surface area (TPSA) is 84.9 Å². The average Bonchev–Trinajstić information content (AvgIpc) is 3.12. The van der Waals surface area contributed by atoms with Gasteiger partial charge in [0.1, 0.15) is 12.2 Å². The first-order valence-corrected chi connectivity index (χ1v) is 11.9. The Kier molecular flexibility index (Phi) is 5.79. The molecule has 6 unspecified atom stereocenters. The zero-order valence-corrected chi connectivity index (χ0v) is 18.7. The summed E-state index contributed by atoms with van der Waals surface area (Å²) >= 11 is 1.61. The number of thioether (sulfide) groups is 1. The van der Waals surface area contributed by atoms with E-state index < -0.39 is 11.5 Å². The minimum atomic E-state index is -0.554. The molecule has 2 N–H and O–H groups in total. The molecule has 6 atom stereocenters. The minimum Gasteiger partial charge on any atom is -0.462 e. The number of aliphatic hydroxyl groups excluding tert-OH is 1. The summed E-state index contributed by atoms with van der Waals surface area (Å²) in [5.41, 5.74) is 0.0396. The Morgan fingerprint density at radius 2 is 2.13 bits per heavy atom. The predicted molar refractivity (Wildman–Crippen MR) is 115 cm³/mol. The molecule has 3 aliphatic rings. The highest BCUT2D eigenvalue weighted by Gasteiger charge is 2.62. The van der Waals surface area contributed by atoms with E-state index in [1.54, 1.807) is 11.8 Å². The van der Waals surface area contributed by atoms with E-state index in [4.69, 9.17) is 9.47 Å². The van der Waals surface area contributed by atoms with Crippen molar-refractivity contribution in [3.8, 4) is 0 Å². The molecule has 4 rings (SSSR count). The monoisotopic (exact) mass is 433 g/mol. The molecule has 0 radical (unpaired) electrons. The van der Waals surface area contributed by atoms with Crippen molar-refractivity contribution in [1.29, 1.82) is 0 Å². The van der Waals surface area contributed by atoms with E-state index in [9.17, 15) is 14.7 Å². The largest absolute Gasteiger partial charge is 0.462 e. The van der Waals surface area contributed by atoms with Crippen LogP contribution in [0, 0.1) is 22.7 Å². The fourth-order valence-corrected chi connectivity index (χ4v) is 6.73. The minimum absolute atomic E-state index is 0.00817. The standard InChI is InChI=1S/C23H31NO5S/c1-22-10-9-19(29-21(27)24-14-5-4-6-15(11-14)30-3)23(2,13-25)18(22)8-7-17-16(22)12-20(26)28-17/h4-6,11,16-19,25H,7-10,12-13H2,1-3H3,(H,24,27). The molecule has 1 aromatic rings. The van der Waals surface area contributed by atoms with Gasteiger partial charge in [-0.05, 0) is 61.5 Å². The van der Waals surface area contributed by atoms with E-state index >= 15 is 0 Å². The number of anilines is 1. The van der Waals surface area contributed by atoms with Gasteiger partial charge in [-0.3, -0.25) is 10.1 Å². The van der Waals surface area contributed by atoms with Crippen molar-refractivity contribution in [2.45, 2.75) is 63.1 Å². The van der Waals surface area contributed by atoms with Gasteiger partial charge in [-0.25, -0.2) is 4.79 Å². The third kappa shape index (κ3) is 3.60. The highest BCUT2D eigenvalue weighted by molar-refractivity contribution is 7.98. The van der Waals surface area contributed by atoms with Crippen molar-refractivity contribution in [3.05, 3.63) is 24.3 Å². The van der Waals surface area contributed by atoms with E-state index in [0.717, 1.165) is 24.2 Å². The lowest BCUT2D eigenvalue weighted by Gasteiger charge is -2.59. The van der Waals surface area contributed by atoms with Gasteiger partial charge in [0, 0.05) is 21.9 Å². The lowest BCUT2D eigenvalue weighted by molar-refractivity contribution is -0.174. The highest BCUT2D eigenvalue weighted by Crippen LogP contribution is 2.62. The number of nitrogens with one attached hydrogen (secondary N) is 1. The van der Waals surface area contributed by atoms with Crippen molar-refractivity contribution < 1.29 is 24.2 Å². The van der Waals surface area contributed by atoms with Gasteiger partial charge in [-0.1, -0.05) is 19.9 Å². The summed E-state index contributed by atoms with van der Waals surface area (Å²) in [4.78, 5) is 25.7. The van der Waals surface area contributed by atoms with Gasteiger partial charge in [0.15, 0.2) is 0 Å². The molecule has 2 saturated carbocycles. The molecule has 164 valence electrons. The lowest BCUT2D eigenvalue weighted by atomic mass is 9.46. The summed E-state index contributed by atoms with van der Waals surface area (Å²) in [6, 6.07) is 7.63. The van der Waals surface area contributed by atoms with Crippen LogP contribution < -0.4 is 5.32 Å². The number of ether oxygens (including phenoxy) is 2. The number of benzene rings is 1. The first-order chi connectivity index (χ1) is 14.3. The molecule has 3 fully saturated rings. The van der Waals surface area contributed by atoms with Crippen molar-refractivity contribution in [3.63, 3.8) is 0 Å². The van der Waals surface area contributed by atoms with Gasteiger partial charge in [-0.15, -0.1) is 11.8 Å². The molecular formula is C23H31NO5S. The van der Waals surface area contributed by atoms with Crippen LogP contribution >= 0.6 is 11.8 Å². The molecule has 1 saturated heterocycles. The molecule has 0 aromatic heterocycles. The second kappa shape index (κ2) is 8.08. The molecule has 0 spiro atoms. The molecule has 2 aliphatic carbocycles. The number of hydrogen-bond acceptors (Lipinski definition) is 6. The molecule has 0 bridgehead atoms. The number of hydrogen-bond donors (Lipinski definition) is 2. The highest BCUT2D eigenvalue weighted by atomic mass is 32.2. The zero-order chi connectivity index (χ0) is 21.5. The summed E-state index contributed by atoms with van der Waals surface area (Å²) in [5, 5.41) is 13.3. The molecule has 6 nitrogen and oxygen atoms in total. The second-order valence-corrected chi connectivity index (χ2v) is 10.3. The van der Waals surface area contributed by atoms with E-state index in [1.807, 2.05) is 37.4 Å². The van der Waals surface area contributed by atoms with Gasteiger partial charge in [0.05, 0.1) is 13.0 Å². The Morgan fingerprint density at radius 3 is 2.87 bits per heavy atom. The maximum absolute atomic E-state index is 12.7. The van der Waals surface area contributed by atoms with Crippen LogP contribution in [0.2, 0.25) is 0 Å². The molecule has 7 heteroatoms. The Morgan fingerprint density at radius 1 is 1.33 bits per heavy atom. The Hall–Kier alpha value is -1.73. The maximum Gasteiger partial charge on any atom is 0.411 e. The summed E-state index contributed by atoms with van der Waals surface area (Å²) in [7, 11) is 0. The number of esters is 1. The molecule has 1 aromatic carbocycles. The Bertz CT molecular complexity index is 832. The van der Waals surface area contributed by atoms with Crippen LogP contribution in [0.25, 0.3) is 0 Å². The number of amides is 1. The molecular weight excluding hydrogens is 402 g/mol. The maximum atomic E-state index is 12.7. The normalized spacial score (nSPS) is 37.7. The second-order valence-electron chi connectivity index (χ2n) is 9.43. The average molecular weight is 434 g/mol. The summed E-state index contributed by atoms with van der Waals surface area (Å²) < 4.78 is 11.4. The van der Waals surface area contributed by atoms with Gasteiger partial charge < -0.3 is 14.6 Å². The van der Waals surface area contributed by atoms with Crippen molar-refractivity contribution in [1.82, 2.24) is 0 Å². The van der Waals surface area contributed by atoms with Crippen LogP contribution in [0.4, 0.5) is 10.5 Å². The third-order valence-corrected chi connectivity index (χ3v) is 8.61. The summed E-state index contributed by atoms with van der Waals surface area (Å²) in [6.07, 6.45) is 4.76. The van der Waals surface area contributed by atoms with Crippen LogP contribution in [-0.4, -0.2) is 42.2 Å². The fraction of sp³-hybridized carbons (Fsp3) is 0.652. The van der Waals surface area contributed by atoms with Gasteiger partial charge in [-0.2, -0.15) is 0 Å². The zero-order valence-electron chi connectivity index (χ0n) is 17.8. The summed E-state index contributed by atoms with van der Waals surface area (Å²) in [5.74, 6) is 0.235. The van der Waals surface area contributed by atoms with Crippen molar-refractivity contribution in [2.24, 2.45) is 22.7 Å². The van der Waals surface area contributed by atoms with Crippen LogP contribution in [0.3, 0.4) is 0 Å². The lowest BCUT2D eigenvalue weighted by Crippen LogP contribution is -2.59. The van der Waals surface area contributed by atoms with Crippen LogP contribution in [0.15, 0.2) is 29.2 Å². The number of carbonyl (C=O) groups excluding carboxylic acids is 2. The first kappa shape index (κ1) is 21.5. The SMILES string of the molecule is CSc1cccc(NC(=O)OC2CCC3(C)C4CC(=O)OC4CCC3C2(C)CO)c1. The van der Waals surface area contributed by atoms with Gasteiger partial charge in [0.2, 0.25) is 0 Å². The number of rotatable bonds is 4. The number of carbonyl (C=O) groups is 2. The smallest absolute Gasteiger partial charge is 0.411 e. The van der Waals surface area contributed by atoms with Gasteiger partial charge >= 0.3 is 12.1 Å². The van der Waals surface area contributed by atoms with Gasteiger partial charge in [0.25, 0.3) is 0 Å². The molecule has 1 aliphatic heterocycles. The Balaban J connectivity index is 1.50. The van der Waals surface area contributed by atoms with Crippen LogP contribution in [0.5, 0.6) is 0 Å². The predicted octanol–water partition coefficient (Wildman–Crippen LogP) is 4.47. The molecule has 1 amide bonds. The van der Waals surface area contributed by atoms with Crippen molar-refractivity contribution >= 4 is 29.5 Å². The van der Waals surface area contributed by atoms with E-state index in [-0.39, 0.29) is 42.0 Å². The van der Waals surface area contributed by atoms with E-state index in [0.29, 0.717) is 18.5 Å². The molecule has 30 heavy (non-hydrogen) atoms. The van der Waals surface area contributed by atoms with Crippen LogP contribution in [-0.2, 0) is 14.3 Å². The van der Waals surface area contributed by atoms with E-state index in [2.05, 4.69) is 12.2 Å². The molecule has 1 heterocycles. The first-order valence-electron chi connectivity index (χ1n) is 10.7. The third-order valence-electron chi connectivity index (χ3n) is 7.88. The van der Waals surface area contributed by atoms with Crippen molar-refractivity contribution in [2.75, 3.05) is 18.2 Å². The van der Waals surface area contributed by atoms with E-state index in [1.165, 1.54) is 0 Å². The Labute approximate surface area is 182 Å². The number of fused-ring (bicyclic) bond motifs is 3. The summed E-state index contributed by atoms with van der Waals surface area (Å²) in [6.45, 7) is 4.20. The number of aliphatic hydroxyl groups is 1. The van der Waals surface area contributed by atoms with Crippen LogP contribution in [0.1, 0.15) is 46.0 Å². The quantitative estimate of drug-likeness (QED) is 0.538.